The van der Waals surface area contributed by atoms with Gasteiger partial charge in [-0.1, -0.05) is 38.1 Å². The molecule has 1 saturated heterocycles. The summed E-state index contributed by atoms with van der Waals surface area (Å²) in [5.41, 5.74) is 2.12. The quantitative estimate of drug-likeness (QED) is 0.857. The summed E-state index contributed by atoms with van der Waals surface area (Å²) in [5, 5.41) is 3.38. The van der Waals surface area contributed by atoms with Gasteiger partial charge in [-0.25, -0.2) is 0 Å². The predicted octanol–water partition coefficient (Wildman–Crippen LogP) is 2.68. The van der Waals surface area contributed by atoms with Crippen molar-refractivity contribution in [2.45, 2.75) is 39.2 Å². The van der Waals surface area contributed by atoms with Crippen LogP contribution in [-0.2, 0) is 0 Å². The Bertz CT molecular complexity index is 431. The third-order valence-electron chi connectivity index (χ3n) is 4.16. The summed E-state index contributed by atoms with van der Waals surface area (Å²) >= 11 is 0. The first-order valence-corrected chi connectivity index (χ1v) is 7.68. The van der Waals surface area contributed by atoms with Gasteiger partial charge in [0, 0.05) is 25.2 Å². The third-order valence-corrected chi connectivity index (χ3v) is 4.16. The minimum Gasteiger partial charge on any atom is -0.315 e. The van der Waals surface area contributed by atoms with E-state index in [0.717, 1.165) is 38.2 Å². The van der Waals surface area contributed by atoms with Gasteiger partial charge in [-0.15, -0.1) is 0 Å². The fraction of sp³-hybridized carbons (Fsp3) is 0.588. The minimum absolute atomic E-state index is 0.0280. The molecule has 0 saturated carbocycles. The smallest absolute Gasteiger partial charge is 0.179 e. The van der Waals surface area contributed by atoms with Crippen molar-refractivity contribution in [3.63, 3.8) is 0 Å². The molecule has 1 aliphatic heterocycles. The van der Waals surface area contributed by atoms with Crippen LogP contribution in [0.15, 0.2) is 24.3 Å². The molecule has 0 amide bonds. The second kappa shape index (κ2) is 7.00. The fourth-order valence-electron chi connectivity index (χ4n) is 2.69. The van der Waals surface area contributed by atoms with Crippen LogP contribution in [0.3, 0.4) is 0 Å². The third kappa shape index (κ3) is 3.68. The number of hydrogen-bond donors (Lipinski definition) is 1. The van der Waals surface area contributed by atoms with Gasteiger partial charge in [0.2, 0.25) is 0 Å². The Morgan fingerprint density at radius 1 is 1.10 bits per heavy atom. The average Bonchev–Trinajstić information content (AvgIpc) is 2.75. The standard InChI is InChI=1S/C17H26N2O/c1-13(2)15-5-7-16(8-6-15)17(20)14(3)19-11-4-9-18-10-12-19/h5-8,13-14,18H,4,9-12H2,1-3H3. The lowest BCUT2D eigenvalue weighted by Gasteiger charge is -2.26. The number of hydrogen-bond acceptors (Lipinski definition) is 3. The van der Waals surface area contributed by atoms with Crippen LogP contribution in [0.4, 0.5) is 0 Å². The summed E-state index contributed by atoms with van der Waals surface area (Å²) in [7, 11) is 0. The SMILES string of the molecule is CC(C)c1ccc(C(=O)C(C)N2CCCNCC2)cc1. The van der Waals surface area contributed by atoms with Crippen molar-refractivity contribution >= 4 is 5.78 Å². The number of ketones is 1. The van der Waals surface area contributed by atoms with E-state index in [9.17, 15) is 4.79 Å². The van der Waals surface area contributed by atoms with Crippen LogP contribution in [0, 0.1) is 0 Å². The zero-order valence-corrected chi connectivity index (χ0v) is 12.9. The van der Waals surface area contributed by atoms with Crippen LogP contribution >= 0.6 is 0 Å². The molecule has 1 heterocycles. The molecule has 1 aromatic rings. The molecule has 110 valence electrons. The lowest BCUT2D eigenvalue weighted by Crippen LogP contribution is -2.41. The van der Waals surface area contributed by atoms with Gasteiger partial charge in [-0.3, -0.25) is 9.69 Å². The summed E-state index contributed by atoms with van der Waals surface area (Å²) in [4.78, 5) is 14.9. The molecule has 1 unspecified atom stereocenters. The second-order valence-electron chi connectivity index (χ2n) is 5.96. The highest BCUT2D eigenvalue weighted by molar-refractivity contribution is 5.99. The molecule has 3 nitrogen and oxygen atoms in total. The maximum atomic E-state index is 12.6. The maximum absolute atomic E-state index is 12.6. The van der Waals surface area contributed by atoms with Crippen molar-refractivity contribution in [1.29, 1.82) is 0 Å². The first kappa shape index (κ1) is 15.2. The lowest BCUT2D eigenvalue weighted by atomic mass is 9.98. The van der Waals surface area contributed by atoms with Crippen LogP contribution in [-0.4, -0.2) is 42.9 Å². The van der Waals surface area contributed by atoms with Crippen LogP contribution in [0.2, 0.25) is 0 Å². The van der Waals surface area contributed by atoms with Gasteiger partial charge in [0.05, 0.1) is 6.04 Å². The average molecular weight is 274 g/mol. The van der Waals surface area contributed by atoms with Crippen molar-refractivity contribution in [2.75, 3.05) is 26.2 Å². The topological polar surface area (TPSA) is 32.3 Å². The Balaban J connectivity index is 2.05. The van der Waals surface area contributed by atoms with Gasteiger partial charge in [0.1, 0.15) is 0 Å². The Labute approximate surface area is 122 Å². The van der Waals surface area contributed by atoms with Crippen molar-refractivity contribution < 1.29 is 4.79 Å². The molecule has 3 heteroatoms. The number of nitrogens with zero attached hydrogens (tertiary/aromatic N) is 1. The minimum atomic E-state index is -0.0280. The van der Waals surface area contributed by atoms with Gasteiger partial charge < -0.3 is 5.32 Å². The number of nitrogens with one attached hydrogen (secondary N) is 1. The second-order valence-corrected chi connectivity index (χ2v) is 5.96. The Morgan fingerprint density at radius 3 is 2.45 bits per heavy atom. The summed E-state index contributed by atoms with van der Waals surface area (Å²) in [6.07, 6.45) is 1.11. The summed E-state index contributed by atoms with van der Waals surface area (Å²) in [6, 6.07) is 8.08. The summed E-state index contributed by atoms with van der Waals surface area (Å²) in [5.74, 6) is 0.746. The Morgan fingerprint density at radius 2 is 1.80 bits per heavy atom. The highest BCUT2D eigenvalue weighted by Crippen LogP contribution is 2.17. The molecular weight excluding hydrogens is 248 g/mol. The molecule has 0 bridgehead atoms. The monoisotopic (exact) mass is 274 g/mol. The predicted molar refractivity (Wildman–Crippen MR) is 83.4 cm³/mol. The van der Waals surface area contributed by atoms with E-state index in [-0.39, 0.29) is 11.8 Å². The van der Waals surface area contributed by atoms with Crippen LogP contribution in [0.1, 0.15) is 49.0 Å². The lowest BCUT2D eigenvalue weighted by molar-refractivity contribution is 0.0846. The molecule has 0 aliphatic carbocycles. The summed E-state index contributed by atoms with van der Waals surface area (Å²) in [6.45, 7) is 10.4. The van der Waals surface area contributed by atoms with E-state index >= 15 is 0 Å². The number of carbonyl (C=O) groups is 1. The molecular formula is C17H26N2O. The number of benzene rings is 1. The highest BCUT2D eigenvalue weighted by Gasteiger charge is 2.22. The summed E-state index contributed by atoms with van der Waals surface area (Å²) < 4.78 is 0. The van der Waals surface area contributed by atoms with E-state index in [1.54, 1.807) is 0 Å². The van der Waals surface area contributed by atoms with Gasteiger partial charge in [-0.05, 0) is 31.4 Å². The normalized spacial score (nSPS) is 18.8. The molecule has 0 radical (unpaired) electrons. The van der Waals surface area contributed by atoms with E-state index in [0.29, 0.717) is 5.92 Å². The van der Waals surface area contributed by atoms with Gasteiger partial charge in [0.25, 0.3) is 0 Å². The number of Topliss-reactive ketones (excluding diaryl/α,β-unsaturated/α-hetero) is 1. The molecule has 1 atom stereocenters. The Hall–Kier alpha value is -1.19. The molecule has 1 fully saturated rings. The first-order chi connectivity index (χ1) is 9.59. The molecule has 0 aromatic heterocycles. The Kier molecular flexibility index (Phi) is 5.32. The van der Waals surface area contributed by atoms with Crippen LogP contribution in [0.25, 0.3) is 0 Å². The van der Waals surface area contributed by atoms with E-state index in [4.69, 9.17) is 0 Å². The van der Waals surface area contributed by atoms with Gasteiger partial charge in [-0.2, -0.15) is 0 Å². The highest BCUT2D eigenvalue weighted by atomic mass is 16.1. The fourth-order valence-corrected chi connectivity index (χ4v) is 2.69. The maximum Gasteiger partial charge on any atom is 0.179 e. The van der Waals surface area contributed by atoms with Crippen molar-refractivity contribution in [3.8, 4) is 0 Å². The van der Waals surface area contributed by atoms with E-state index in [1.165, 1.54) is 5.56 Å². The zero-order valence-electron chi connectivity index (χ0n) is 12.9. The van der Waals surface area contributed by atoms with Crippen LogP contribution in [0.5, 0.6) is 0 Å². The van der Waals surface area contributed by atoms with Gasteiger partial charge >= 0.3 is 0 Å². The largest absolute Gasteiger partial charge is 0.315 e. The van der Waals surface area contributed by atoms with Crippen molar-refractivity contribution in [1.82, 2.24) is 10.2 Å². The van der Waals surface area contributed by atoms with E-state index in [1.807, 2.05) is 19.1 Å². The zero-order chi connectivity index (χ0) is 14.5. The number of carbonyl (C=O) groups excluding carboxylic acids is 1. The molecule has 20 heavy (non-hydrogen) atoms. The van der Waals surface area contributed by atoms with Gasteiger partial charge in [0.15, 0.2) is 5.78 Å². The molecule has 0 spiro atoms. The van der Waals surface area contributed by atoms with Crippen molar-refractivity contribution in [2.24, 2.45) is 0 Å². The molecule has 2 rings (SSSR count). The van der Waals surface area contributed by atoms with Crippen LogP contribution < -0.4 is 5.32 Å². The first-order valence-electron chi connectivity index (χ1n) is 7.68. The molecule has 1 aliphatic rings. The number of rotatable bonds is 4. The van der Waals surface area contributed by atoms with Crippen molar-refractivity contribution in [3.05, 3.63) is 35.4 Å². The molecule has 1 aromatic carbocycles. The van der Waals surface area contributed by atoms with E-state index in [2.05, 4.69) is 36.2 Å². The molecule has 1 N–H and O–H groups in total. The van der Waals surface area contributed by atoms with E-state index < -0.39 is 0 Å².